The third kappa shape index (κ3) is 3.27. The number of likely N-dealkylation sites (tertiary alicyclic amines) is 1. The van der Waals surface area contributed by atoms with Gasteiger partial charge in [0.05, 0.1) is 29.6 Å². The molecule has 6 heteroatoms. The lowest BCUT2D eigenvalue weighted by Gasteiger charge is -2.39. The smallest absolute Gasteiger partial charge is 0.142 e. The number of morpholine rings is 1. The van der Waals surface area contributed by atoms with Crippen LogP contribution in [-0.2, 0) is 4.74 Å². The summed E-state index contributed by atoms with van der Waals surface area (Å²) in [5.41, 5.74) is 2.71. The van der Waals surface area contributed by atoms with Crippen LogP contribution in [0.3, 0.4) is 0 Å². The van der Waals surface area contributed by atoms with Crippen molar-refractivity contribution in [2.45, 2.75) is 44.8 Å². The molecule has 2 aromatic rings. The maximum absolute atomic E-state index is 9.34. The predicted molar refractivity (Wildman–Crippen MR) is 108 cm³/mol. The molecule has 28 heavy (non-hydrogen) atoms. The van der Waals surface area contributed by atoms with E-state index in [1.807, 2.05) is 12.1 Å². The van der Waals surface area contributed by atoms with Crippen LogP contribution in [0.4, 0.5) is 5.69 Å². The summed E-state index contributed by atoms with van der Waals surface area (Å²) in [6, 6.07) is 8.16. The fourth-order valence-corrected chi connectivity index (χ4v) is 5.64. The topological polar surface area (TPSA) is 56.8 Å². The summed E-state index contributed by atoms with van der Waals surface area (Å²) in [7, 11) is 0. The minimum atomic E-state index is 0.197. The van der Waals surface area contributed by atoms with Crippen LogP contribution in [0.2, 0.25) is 0 Å². The molecule has 0 aromatic carbocycles. The molecule has 6 nitrogen and oxygen atoms in total. The number of ether oxygens (including phenoxy) is 1. The summed E-state index contributed by atoms with van der Waals surface area (Å²) in [4.78, 5) is 5.06. The van der Waals surface area contributed by atoms with Gasteiger partial charge in [0.2, 0.25) is 0 Å². The van der Waals surface area contributed by atoms with E-state index in [0.717, 1.165) is 42.7 Å². The van der Waals surface area contributed by atoms with Gasteiger partial charge in [-0.2, -0.15) is 10.4 Å². The van der Waals surface area contributed by atoms with E-state index < -0.39 is 0 Å². The van der Waals surface area contributed by atoms with E-state index >= 15 is 0 Å². The zero-order chi connectivity index (χ0) is 19.1. The number of nitrogens with zero attached hydrogens (tertiary/aromatic N) is 5. The lowest BCUT2D eigenvalue weighted by molar-refractivity contribution is -0.0300. The standard InChI is InChI=1S/C22H29N5O/c1-16-11-26(21-7-6-19(10-23)27-22(21)8-9-24-27)15-20(28-16)14-25-12-17-4-2-3-5-18(17)13-25/h6-9,16-18,20H,2-5,11-15H2,1H3/t16-,17?,18?,20+/m1/s1. The average Bonchev–Trinajstić information content (AvgIpc) is 3.33. The van der Waals surface area contributed by atoms with Gasteiger partial charge in [-0.05, 0) is 49.8 Å². The fourth-order valence-electron chi connectivity index (χ4n) is 5.64. The van der Waals surface area contributed by atoms with E-state index in [4.69, 9.17) is 4.74 Å². The molecule has 4 atom stereocenters. The monoisotopic (exact) mass is 379 g/mol. The Labute approximate surface area is 166 Å². The molecular weight excluding hydrogens is 350 g/mol. The van der Waals surface area contributed by atoms with Gasteiger partial charge < -0.3 is 14.5 Å². The number of hydrogen-bond donors (Lipinski definition) is 0. The minimum Gasteiger partial charge on any atom is -0.370 e. The first-order valence-corrected chi connectivity index (χ1v) is 10.7. The first-order valence-electron chi connectivity index (χ1n) is 10.7. The largest absolute Gasteiger partial charge is 0.370 e. The molecule has 4 heterocycles. The summed E-state index contributed by atoms with van der Waals surface area (Å²) in [6.07, 6.45) is 7.86. The first kappa shape index (κ1) is 18.0. The Morgan fingerprint density at radius 1 is 1.11 bits per heavy atom. The zero-order valence-electron chi connectivity index (χ0n) is 16.6. The van der Waals surface area contributed by atoms with Gasteiger partial charge in [-0.3, -0.25) is 0 Å². The van der Waals surface area contributed by atoms with Gasteiger partial charge in [0, 0.05) is 32.7 Å². The molecule has 0 bridgehead atoms. The van der Waals surface area contributed by atoms with Crippen molar-refractivity contribution in [3.8, 4) is 6.07 Å². The van der Waals surface area contributed by atoms with Crippen molar-refractivity contribution < 1.29 is 4.74 Å². The third-order valence-electron chi connectivity index (χ3n) is 6.83. The van der Waals surface area contributed by atoms with Crippen LogP contribution in [-0.4, -0.2) is 59.4 Å². The van der Waals surface area contributed by atoms with E-state index in [0.29, 0.717) is 5.69 Å². The molecule has 5 rings (SSSR count). The highest BCUT2D eigenvalue weighted by molar-refractivity contribution is 5.74. The van der Waals surface area contributed by atoms with E-state index in [9.17, 15) is 5.26 Å². The molecule has 0 N–H and O–H groups in total. The normalized spacial score (nSPS) is 31.1. The van der Waals surface area contributed by atoms with Crippen LogP contribution < -0.4 is 4.90 Å². The van der Waals surface area contributed by atoms with Crippen molar-refractivity contribution in [1.29, 1.82) is 5.26 Å². The maximum Gasteiger partial charge on any atom is 0.142 e. The van der Waals surface area contributed by atoms with E-state index in [1.165, 1.54) is 38.8 Å². The quantitative estimate of drug-likeness (QED) is 0.821. The second-order valence-corrected chi connectivity index (χ2v) is 8.84. The predicted octanol–water partition coefficient (Wildman–Crippen LogP) is 2.92. The molecule has 2 saturated heterocycles. The van der Waals surface area contributed by atoms with Gasteiger partial charge in [-0.15, -0.1) is 0 Å². The Balaban J connectivity index is 1.32. The molecule has 3 aliphatic rings. The average molecular weight is 380 g/mol. The van der Waals surface area contributed by atoms with Crippen LogP contribution in [0, 0.1) is 23.2 Å². The van der Waals surface area contributed by atoms with Crippen molar-refractivity contribution in [3.63, 3.8) is 0 Å². The Morgan fingerprint density at radius 3 is 2.64 bits per heavy atom. The Hall–Kier alpha value is -2.10. The van der Waals surface area contributed by atoms with Gasteiger partial charge in [-0.1, -0.05) is 12.8 Å². The second kappa shape index (κ2) is 7.38. The lowest BCUT2D eigenvalue weighted by Crippen LogP contribution is -2.50. The summed E-state index contributed by atoms with van der Waals surface area (Å²) in [5.74, 6) is 1.83. The molecule has 1 saturated carbocycles. The third-order valence-corrected chi connectivity index (χ3v) is 6.83. The molecule has 0 radical (unpaired) electrons. The summed E-state index contributed by atoms with van der Waals surface area (Å²) in [5, 5.41) is 13.7. The number of aromatic nitrogens is 2. The number of anilines is 1. The lowest BCUT2D eigenvalue weighted by atomic mass is 9.82. The molecule has 2 unspecified atom stereocenters. The highest BCUT2D eigenvalue weighted by Crippen LogP contribution is 2.36. The van der Waals surface area contributed by atoms with Gasteiger partial charge in [0.25, 0.3) is 0 Å². The van der Waals surface area contributed by atoms with Crippen LogP contribution in [0.15, 0.2) is 24.4 Å². The fraction of sp³-hybridized carbons (Fsp3) is 0.636. The van der Waals surface area contributed by atoms with Gasteiger partial charge in [0.1, 0.15) is 11.8 Å². The number of rotatable bonds is 3. The summed E-state index contributed by atoms with van der Waals surface area (Å²) < 4.78 is 8.08. The van der Waals surface area contributed by atoms with Gasteiger partial charge >= 0.3 is 0 Å². The van der Waals surface area contributed by atoms with Crippen molar-refractivity contribution in [2.75, 3.05) is 37.6 Å². The van der Waals surface area contributed by atoms with Gasteiger partial charge in [0.15, 0.2) is 0 Å². The van der Waals surface area contributed by atoms with Crippen LogP contribution in [0.1, 0.15) is 38.3 Å². The molecule has 0 spiro atoms. The van der Waals surface area contributed by atoms with Crippen molar-refractivity contribution >= 4 is 11.2 Å². The maximum atomic E-state index is 9.34. The number of hydrogen-bond acceptors (Lipinski definition) is 5. The van der Waals surface area contributed by atoms with Gasteiger partial charge in [-0.25, -0.2) is 4.52 Å². The molecular formula is C22H29N5O. The van der Waals surface area contributed by atoms with Crippen LogP contribution in [0.5, 0.6) is 0 Å². The van der Waals surface area contributed by atoms with Crippen molar-refractivity contribution in [2.24, 2.45) is 11.8 Å². The molecule has 3 fully saturated rings. The molecule has 148 valence electrons. The van der Waals surface area contributed by atoms with Crippen LogP contribution >= 0.6 is 0 Å². The Kier molecular flexibility index (Phi) is 4.73. The highest BCUT2D eigenvalue weighted by Gasteiger charge is 2.36. The SMILES string of the molecule is C[C@@H]1CN(c2ccc(C#N)n3nccc23)C[C@H](CN2CC3CCCCC3C2)O1. The van der Waals surface area contributed by atoms with E-state index in [-0.39, 0.29) is 12.2 Å². The molecule has 1 aliphatic carbocycles. The number of pyridine rings is 1. The van der Waals surface area contributed by atoms with Crippen molar-refractivity contribution in [1.82, 2.24) is 14.5 Å². The first-order chi connectivity index (χ1) is 13.7. The Morgan fingerprint density at radius 2 is 1.89 bits per heavy atom. The van der Waals surface area contributed by atoms with Crippen molar-refractivity contribution in [3.05, 3.63) is 30.1 Å². The second-order valence-electron chi connectivity index (χ2n) is 8.84. The summed E-state index contributed by atoms with van der Waals surface area (Å²) in [6.45, 7) is 7.46. The molecule has 2 aromatic heterocycles. The Bertz CT molecular complexity index is 873. The minimum absolute atomic E-state index is 0.197. The van der Waals surface area contributed by atoms with E-state index in [1.54, 1.807) is 10.7 Å². The summed E-state index contributed by atoms with van der Waals surface area (Å²) >= 11 is 0. The molecule has 2 aliphatic heterocycles. The highest BCUT2D eigenvalue weighted by atomic mass is 16.5. The number of nitriles is 1. The zero-order valence-corrected chi connectivity index (χ0v) is 16.6. The van der Waals surface area contributed by atoms with E-state index in [2.05, 4.69) is 34.0 Å². The number of fused-ring (bicyclic) bond motifs is 2. The van der Waals surface area contributed by atoms with Crippen LogP contribution in [0.25, 0.3) is 5.52 Å². The molecule has 0 amide bonds.